The van der Waals surface area contributed by atoms with Crippen LogP contribution in [0.25, 0.3) is 0 Å². The van der Waals surface area contributed by atoms with Crippen LogP contribution in [0.2, 0.25) is 0 Å². The van der Waals surface area contributed by atoms with Crippen LogP contribution in [0.1, 0.15) is 6.92 Å². The molecule has 96 valence electrons. The van der Waals surface area contributed by atoms with Gasteiger partial charge in [0.2, 0.25) is 0 Å². The zero-order valence-electron chi connectivity index (χ0n) is 10.4. The maximum Gasteiger partial charge on any atom is 0.319 e. The number of hydrogen-bond acceptors (Lipinski definition) is 6. The van der Waals surface area contributed by atoms with Crippen molar-refractivity contribution in [3.8, 4) is 0 Å². The van der Waals surface area contributed by atoms with Crippen molar-refractivity contribution in [1.82, 2.24) is 0 Å². The van der Waals surface area contributed by atoms with Gasteiger partial charge >= 0.3 is 5.97 Å². The van der Waals surface area contributed by atoms with Gasteiger partial charge in [0.1, 0.15) is 0 Å². The minimum atomic E-state index is -0.787. The average Bonchev–Trinajstić information content (AvgIpc) is 2.30. The van der Waals surface area contributed by atoms with Gasteiger partial charge in [0.05, 0.1) is 6.61 Å². The molecule has 0 unspecified atom stereocenters. The predicted octanol–water partition coefficient (Wildman–Crippen LogP) is 0.403. The maximum atomic E-state index is 11.7. The summed E-state index contributed by atoms with van der Waals surface area (Å²) in [4.78, 5) is 11.7. The SMILES string of the molecule is CCOC(=O)C(C(OC)OC)C(OC)OC. The van der Waals surface area contributed by atoms with Gasteiger partial charge in [-0.1, -0.05) is 0 Å². The molecule has 0 N–H and O–H groups in total. The molecule has 0 aliphatic carbocycles. The lowest BCUT2D eigenvalue weighted by Crippen LogP contribution is -2.43. The molecule has 0 radical (unpaired) electrons. The molecular formula is C10H20O6. The van der Waals surface area contributed by atoms with Gasteiger partial charge < -0.3 is 23.7 Å². The van der Waals surface area contributed by atoms with Crippen LogP contribution in [0, 0.1) is 5.92 Å². The number of carbonyl (C=O) groups excluding carboxylic acids is 1. The molecule has 0 amide bonds. The monoisotopic (exact) mass is 236 g/mol. The molecule has 0 atom stereocenters. The molecule has 0 saturated heterocycles. The van der Waals surface area contributed by atoms with Gasteiger partial charge in [0.25, 0.3) is 0 Å². The first kappa shape index (κ1) is 15.3. The Labute approximate surface area is 95.8 Å². The van der Waals surface area contributed by atoms with Crippen LogP contribution in [0.4, 0.5) is 0 Å². The molecule has 0 aliphatic rings. The van der Waals surface area contributed by atoms with Gasteiger partial charge in [-0.25, -0.2) is 0 Å². The predicted molar refractivity (Wildman–Crippen MR) is 55.7 cm³/mol. The highest BCUT2D eigenvalue weighted by atomic mass is 16.7. The summed E-state index contributed by atoms with van der Waals surface area (Å²) in [7, 11) is 5.73. The van der Waals surface area contributed by atoms with Crippen LogP contribution in [0.5, 0.6) is 0 Å². The fourth-order valence-electron chi connectivity index (χ4n) is 1.37. The molecule has 0 aromatic rings. The second-order valence-corrected chi connectivity index (χ2v) is 2.96. The van der Waals surface area contributed by atoms with Crippen LogP contribution in [0.3, 0.4) is 0 Å². The number of rotatable bonds is 8. The van der Waals surface area contributed by atoms with Crippen molar-refractivity contribution >= 4 is 5.97 Å². The van der Waals surface area contributed by atoms with Gasteiger partial charge in [-0.3, -0.25) is 4.79 Å². The van der Waals surface area contributed by atoms with E-state index in [0.29, 0.717) is 0 Å². The van der Waals surface area contributed by atoms with Gasteiger partial charge in [-0.05, 0) is 6.92 Å². The van der Waals surface area contributed by atoms with Gasteiger partial charge in [0.15, 0.2) is 18.5 Å². The smallest absolute Gasteiger partial charge is 0.319 e. The van der Waals surface area contributed by atoms with E-state index in [9.17, 15) is 4.79 Å². The van der Waals surface area contributed by atoms with E-state index in [-0.39, 0.29) is 6.61 Å². The third-order valence-corrected chi connectivity index (χ3v) is 2.07. The molecule has 16 heavy (non-hydrogen) atoms. The van der Waals surface area contributed by atoms with Crippen molar-refractivity contribution in [2.45, 2.75) is 19.5 Å². The highest BCUT2D eigenvalue weighted by Gasteiger charge is 2.38. The quantitative estimate of drug-likeness (QED) is 0.449. The minimum absolute atomic E-state index is 0.273. The summed E-state index contributed by atoms with van der Waals surface area (Å²) >= 11 is 0. The van der Waals surface area contributed by atoms with Crippen LogP contribution in [-0.2, 0) is 28.5 Å². The Hall–Kier alpha value is -0.690. The lowest BCUT2D eigenvalue weighted by molar-refractivity contribution is -0.230. The summed E-state index contributed by atoms with van der Waals surface area (Å²) in [5, 5.41) is 0. The van der Waals surface area contributed by atoms with Crippen LogP contribution >= 0.6 is 0 Å². The van der Waals surface area contributed by atoms with E-state index in [4.69, 9.17) is 23.7 Å². The first-order chi connectivity index (χ1) is 7.65. The Morgan fingerprint density at radius 2 is 1.31 bits per heavy atom. The van der Waals surface area contributed by atoms with Crippen LogP contribution < -0.4 is 0 Å². The Morgan fingerprint density at radius 1 is 0.938 bits per heavy atom. The molecule has 0 aliphatic heterocycles. The van der Waals surface area contributed by atoms with E-state index in [1.807, 2.05) is 0 Å². The third-order valence-electron chi connectivity index (χ3n) is 2.07. The highest BCUT2D eigenvalue weighted by molar-refractivity contribution is 5.73. The van der Waals surface area contributed by atoms with E-state index in [2.05, 4.69) is 0 Å². The van der Waals surface area contributed by atoms with E-state index < -0.39 is 24.5 Å². The summed E-state index contributed by atoms with van der Waals surface area (Å²) in [6, 6.07) is 0. The van der Waals surface area contributed by atoms with Crippen molar-refractivity contribution in [2.75, 3.05) is 35.0 Å². The number of esters is 1. The number of methoxy groups -OCH3 is 4. The largest absolute Gasteiger partial charge is 0.465 e. The molecule has 0 spiro atoms. The summed E-state index contributed by atoms with van der Waals surface area (Å²) in [6.45, 7) is 1.99. The molecule has 0 bridgehead atoms. The second kappa shape index (κ2) is 8.46. The molecule has 0 fully saturated rings. The topological polar surface area (TPSA) is 63.2 Å². The number of carbonyl (C=O) groups is 1. The maximum absolute atomic E-state index is 11.7. The Kier molecular flexibility index (Phi) is 8.10. The highest BCUT2D eigenvalue weighted by Crippen LogP contribution is 2.18. The first-order valence-electron chi connectivity index (χ1n) is 4.94. The molecule has 0 aromatic heterocycles. The molecule has 0 heterocycles. The summed E-state index contributed by atoms with van der Waals surface area (Å²) in [6.07, 6.45) is -1.55. The van der Waals surface area contributed by atoms with Gasteiger partial charge in [-0.2, -0.15) is 0 Å². The molecule has 0 aromatic carbocycles. The lowest BCUT2D eigenvalue weighted by Gasteiger charge is -2.28. The minimum Gasteiger partial charge on any atom is -0.465 e. The Bertz CT molecular complexity index is 176. The Morgan fingerprint density at radius 3 is 1.56 bits per heavy atom. The van der Waals surface area contributed by atoms with Crippen molar-refractivity contribution in [3.05, 3.63) is 0 Å². The number of hydrogen-bond donors (Lipinski definition) is 0. The zero-order chi connectivity index (χ0) is 12.6. The second-order valence-electron chi connectivity index (χ2n) is 2.96. The van der Waals surface area contributed by atoms with Crippen molar-refractivity contribution in [2.24, 2.45) is 5.92 Å². The molecule has 6 nitrogen and oxygen atoms in total. The fraction of sp³-hybridized carbons (Fsp3) is 0.900. The van der Waals surface area contributed by atoms with E-state index in [1.54, 1.807) is 6.92 Å². The third kappa shape index (κ3) is 4.05. The van der Waals surface area contributed by atoms with Crippen LogP contribution in [0.15, 0.2) is 0 Å². The standard InChI is InChI=1S/C10H20O6/c1-6-16-8(11)7(9(12-2)13-3)10(14-4)15-5/h7,9-10H,6H2,1-5H3. The Balaban J connectivity index is 4.78. The summed E-state index contributed by atoms with van der Waals surface area (Å²) in [5.74, 6) is -1.27. The number of ether oxygens (including phenoxy) is 5. The van der Waals surface area contributed by atoms with Gasteiger partial charge in [-0.15, -0.1) is 0 Å². The van der Waals surface area contributed by atoms with Crippen molar-refractivity contribution in [1.29, 1.82) is 0 Å². The average molecular weight is 236 g/mol. The summed E-state index contributed by atoms with van der Waals surface area (Å²) < 4.78 is 25.0. The van der Waals surface area contributed by atoms with E-state index in [1.165, 1.54) is 28.4 Å². The molecular weight excluding hydrogens is 216 g/mol. The fourth-order valence-corrected chi connectivity index (χ4v) is 1.37. The summed E-state index contributed by atoms with van der Waals surface area (Å²) in [5.41, 5.74) is 0. The van der Waals surface area contributed by atoms with Crippen molar-refractivity contribution in [3.63, 3.8) is 0 Å². The first-order valence-corrected chi connectivity index (χ1v) is 4.94. The van der Waals surface area contributed by atoms with E-state index >= 15 is 0 Å². The molecule has 0 saturated carbocycles. The van der Waals surface area contributed by atoms with Gasteiger partial charge in [0, 0.05) is 28.4 Å². The lowest BCUT2D eigenvalue weighted by atomic mass is 10.1. The van der Waals surface area contributed by atoms with Crippen LogP contribution in [-0.4, -0.2) is 53.6 Å². The molecule has 6 heteroatoms. The zero-order valence-corrected chi connectivity index (χ0v) is 10.4. The van der Waals surface area contributed by atoms with Crippen molar-refractivity contribution < 1.29 is 28.5 Å². The van der Waals surface area contributed by atoms with E-state index in [0.717, 1.165) is 0 Å². The molecule has 0 rings (SSSR count). The normalized spacial score (nSPS) is 11.5.